The number of aliphatic hydroxyl groups excluding tert-OH is 1. The summed E-state index contributed by atoms with van der Waals surface area (Å²) in [6, 6.07) is 10.6. The van der Waals surface area contributed by atoms with Gasteiger partial charge in [-0.2, -0.15) is 0 Å². The molecule has 0 saturated carbocycles. The summed E-state index contributed by atoms with van der Waals surface area (Å²) >= 11 is 0. The van der Waals surface area contributed by atoms with Gasteiger partial charge in [-0.25, -0.2) is 0 Å². The first-order valence-electron chi connectivity index (χ1n) is 8.87. The molecule has 0 bridgehead atoms. The summed E-state index contributed by atoms with van der Waals surface area (Å²) in [7, 11) is 0. The molecule has 8 heteroatoms. The van der Waals surface area contributed by atoms with Gasteiger partial charge in [-0.05, 0) is 42.5 Å². The second-order valence-corrected chi connectivity index (χ2v) is 6.59. The standard InChI is InChI=1S/C21H15NO7/c23-19(12-5-6-14-16(9-12)29-11-28-14)17-18(15-4-2-8-27-15)22(21(25)20(17)24)10-13-3-1-7-26-13/h1-9,18,23H,10-11H2/b19-17-. The lowest BCUT2D eigenvalue weighted by Gasteiger charge is -2.22. The van der Waals surface area contributed by atoms with Crippen LogP contribution in [0.3, 0.4) is 0 Å². The van der Waals surface area contributed by atoms with Crippen molar-refractivity contribution in [2.75, 3.05) is 6.79 Å². The van der Waals surface area contributed by atoms with Crippen LogP contribution in [0.25, 0.3) is 5.76 Å². The number of hydrogen-bond acceptors (Lipinski definition) is 7. The van der Waals surface area contributed by atoms with E-state index in [0.717, 1.165) is 0 Å². The van der Waals surface area contributed by atoms with E-state index in [0.29, 0.717) is 28.6 Å². The Bertz CT molecular complexity index is 1110. The van der Waals surface area contributed by atoms with E-state index in [1.165, 1.54) is 17.4 Å². The van der Waals surface area contributed by atoms with E-state index in [2.05, 4.69) is 0 Å². The maximum absolute atomic E-state index is 12.9. The van der Waals surface area contributed by atoms with Crippen LogP contribution in [-0.4, -0.2) is 28.5 Å². The second kappa shape index (κ2) is 6.59. The van der Waals surface area contributed by atoms with Crippen molar-refractivity contribution in [1.29, 1.82) is 0 Å². The van der Waals surface area contributed by atoms with Gasteiger partial charge in [0.25, 0.3) is 11.7 Å². The molecule has 1 amide bonds. The highest BCUT2D eigenvalue weighted by molar-refractivity contribution is 6.46. The molecule has 1 N–H and O–H groups in total. The molecular formula is C21H15NO7. The van der Waals surface area contributed by atoms with E-state index >= 15 is 0 Å². The number of carbonyl (C=O) groups is 2. The van der Waals surface area contributed by atoms with Gasteiger partial charge in [0.1, 0.15) is 23.3 Å². The highest BCUT2D eigenvalue weighted by atomic mass is 16.7. The molecule has 1 saturated heterocycles. The fraction of sp³-hybridized carbons (Fsp3) is 0.143. The Labute approximate surface area is 164 Å². The third-order valence-corrected chi connectivity index (χ3v) is 4.90. The molecule has 29 heavy (non-hydrogen) atoms. The Balaban J connectivity index is 1.62. The molecule has 4 heterocycles. The van der Waals surface area contributed by atoms with E-state index < -0.39 is 17.7 Å². The van der Waals surface area contributed by atoms with Crippen molar-refractivity contribution in [3.8, 4) is 11.5 Å². The van der Waals surface area contributed by atoms with Crippen molar-refractivity contribution in [3.63, 3.8) is 0 Å². The number of hydrogen-bond donors (Lipinski definition) is 1. The number of ketones is 1. The summed E-state index contributed by atoms with van der Waals surface area (Å²) in [5, 5.41) is 11.0. The van der Waals surface area contributed by atoms with Gasteiger partial charge in [-0.1, -0.05) is 0 Å². The first-order valence-corrected chi connectivity index (χ1v) is 8.87. The zero-order chi connectivity index (χ0) is 20.0. The number of nitrogens with zero attached hydrogens (tertiary/aromatic N) is 1. The van der Waals surface area contributed by atoms with Crippen molar-refractivity contribution in [2.24, 2.45) is 0 Å². The van der Waals surface area contributed by atoms with E-state index in [-0.39, 0.29) is 24.7 Å². The zero-order valence-corrected chi connectivity index (χ0v) is 15.0. The van der Waals surface area contributed by atoms with Crippen molar-refractivity contribution in [3.05, 3.63) is 77.6 Å². The maximum atomic E-state index is 12.9. The predicted molar refractivity (Wildman–Crippen MR) is 97.8 cm³/mol. The molecule has 2 aromatic heterocycles. The highest BCUT2D eigenvalue weighted by Crippen LogP contribution is 2.42. The van der Waals surface area contributed by atoms with Crippen LogP contribution in [0.1, 0.15) is 23.1 Å². The Morgan fingerprint density at radius 2 is 1.83 bits per heavy atom. The Morgan fingerprint density at radius 3 is 2.59 bits per heavy atom. The van der Waals surface area contributed by atoms with E-state index in [4.69, 9.17) is 18.3 Å². The van der Waals surface area contributed by atoms with Crippen LogP contribution in [0.2, 0.25) is 0 Å². The summed E-state index contributed by atoms with van der Waals surface area (Å²) in [5.41, 5.74) is 0.275. The van der Waals surface area contributed by atoms with Gasteiger partial charge < -0.3 is 28.3 Å². The molecule has 1 atom stereocenters. The molecule has 146 valence electrons. The van der Waals surface area contributed by atoms with Crippen LogP contribution in [0.5, 0.6) is 11.5 Å². The van der Waals surface area contributed by atoms with Crippen LogP contribution < -0.4 is 9.47 Å². The molecule has 0 spiro atoms. The first kappa shape index (κ1) is 17.2. The molecule has 3 aromatic rings. The average molecular weight is 393 g/mol. The highest BCUT2D eigenvalue weighted by Gasteiger charge is 2.47. The molecule has 0 aliphatic carbocycles. The van der Waals surface area contributed by atoms with Crippen LogP contribution in [0, 0.1) is 0 Å². The number of fused-ring (bicyclic) bond motifs is 1. The van der Waals surface area contributed by atoms with Crippen LogP contribution in [0.15, 0.2) is 69.4 Å². The van der Waals surface area contributed by atoms with E-state index in [9.17, 15) is 14.7 Å². The zero-order valence-electron chi connectivity index (χ0n) is 15.0. The lowest BCUT2D eigenvalue weighted by atomic mass is 9.99. The minimum Gasteiger partial charge on any atom is -0.507 e. The molecule has 8 nitrogen and oxygen atoms in total. The largest absolute Gasteiger partial charge is 0.507 e. The minimum atomic E-state index is -0.888. The molecular weight excluding hydrogens is 378 g/mol. The fourth-order valence-electron chi connectivity index (χ4n) is 3.56. The maximum Gasteiger partial charge on any atom is 0.296 e. The quantitative estimate of drug-likeness (QED) is 0.412. The predicted octanol–water partition coefficient (Wildman–Crippen LogP) is 3.22. The number of furan rings is 2. The summed E-state index contributed by atoms with van der Waals surface area (Å²) in [4.78, 5) is 27.0. The summed E-state index contributed by atoms with van der Waals surface area (Å²) < 4.78 is 21.4. The third-order valence-electron chi connectivity index (χ3n) is 4.90. The van der Waals surface area contributed by atoms with Gasteiger partial charge in [0.15, 0.2) is 11.5 Å². The van der Waals surface area contributed by atoms with Crippen molar-refractivity contribution < 1.29 is 33.0 Å². The lowest BCUT2D eigenvalue weighted by Crippen LogP contribution is -2.28. The van der Waals surface area contributed by atoms with Crippen LogP contribution >= 0.6 is 0 Å². The number of ether oxygens (including phenoxy) is 2. The Kier molecular flexibility index (Phi) is 3.90. The molecule has 1 fully saturated rings. The second-order valence-electron chi connectivity index (χ2n) is 6.59. The monoisotopic (exact) mass is 393 g/mol. The van der Waals surface area contributed by atoms with Gasteiger partial charge in [-0.15, -0.1) is 0 Å². The molecule has 1 unspecified atom stereocenters. The molecule has 0 radical (unpaired) electrons. The first-order chi connectivity index (χ1) is 14.1. The summed E-state index contributed by atoms with van der Waals surface area (Å²) in [6.07, 6.45) is 2.93. The number of likely N-dealkylation sites (tertiary alicyclic amines) is 1. The normalized spacial score (nSPS) is 19.9. The van der Waals surface area contributed by atoms with E-state index in [1.54, 1.807) is 42.5 Å². The van der Waals surface area contributed by atoms with Gasteiger partial charge in [-0.3, -0.25) is 9.59 Å². The minimum absolute atomic E-state index is 0.0564. The topological polar surface area (TPSA) is 102 Å². The number of benzene rings is 1. The summed E-state index contributed by atoms with van der Waals surface area (Å²) in [5.74, 6) is 0.00334. The Hall–Kier alpha value is -3.94. The van der Waals surface area contributed by atoms with Gasteiger partial charge in [0, 0.05) is 5.56 Å². The lowest BCUT2D eigenvalue weighted by molar-refractivity contribution is -0.140. The number of amides is 1. The third kappa shape index (κ3) is 2.77. The SMILES string of the molecule is O=C1C(=O)N(Cc2ccco2)C(c2ccco2)/C1=C(/O)c1ccc2c(c1)OCO2. The fourth-order valence-corrected chi connectivity index (χ4v) is 3.56. The van der Waals surface area contributed by atoms with Crippen LogP contribution in [-0.2, 0) is 16.1 Å². The van der Waals surface area contributed by atoms with Crippen LogP contribution in [0.4, 0.5) is 0 Å². The van der Waals surface area contributed by atoms with Gasteiger partial charge in [0.05, 0.1) is 24.6 Å². The van der Waals surface area contributed by atoms with Crippen molar-refractivity contribution in [2.45, 2.75) is 12.6 Å². The number of rotatable bonds is 4. The number of carbonyl (C=O) groups excluding carboxylic acids is 2. The van der Waals surface area contributed by atoms with Crippen molar-refractivity contribution in [1.82, 2.24) is 4.90 Å². The molecule has 5 rings (SSSR count). The van der Waals surface area contributed by atoms with Gasteiger partial charge >= 0.3 is 0 Å². The summed E-state index contributed by atoms with van der Waals surface area (Å²) in [6.45, 7) is 0.139. The van der Waals surface area contributed by atoms with E-state index in [1.807, 2.05) is 0 Å². The molecule has 2 aliphatic heterocycles. The Morgan fingerprint density at radius 1 is 1.03 bits per heavy atom. The average Bonchev–Trinajstić information content (AvgIpc) is 3.51. The smallest absolute Gasteiger partial charge is 0.296 e. The number of Topliss-reactive ketones (excluding diaryl/α,β-unsaturated/α-hetero) is 1. The van der Waals surface area contributed by atoms with Crippen molar-refractivity contribution >= 4 is 17.4 Å². The molecule has 1 aromatic carbocycles. The number of aliphatic hydroxyl groups is 1. The van der Waals surface area contributed by atoms with Gasteiger partial charge in [0.2, 0.25) is 6.79 Å². The molecule has 2 aliphatic rings.